The summed E-state index contributed by atoms with van der Waals surface area (Å²) in [6.45, 7) is 2.28. The number of hydrogen-bond acceptors (Lipinski definition) is 3. The van der Waals surface area contributed by atoms with Crippen molar-refractivity contribution >= 4 is 23.4 Å². The quantitative estimate of drug-likeness (QED) is 0.690. The molecule has 3 rings (SSSR count). The largest absolute Gasteiger partial charge is 0.496 e. The van der Waals surface area contributed by atoms with Gasteiger partial charge in [0, 0.05) is 22.6 Å². The minimum absolute atomic E-state index is 0.213. The summed E-state index contributed by atoms with van der Waals surface area (Å²) in [5.74, 6) is -0.800. The fraction of sp³-hybridized carbons (Fsp3) is 0.381. The Balaban J connectivity index is 1.75. The van der Waals surface area contributed by atoms with Crippen LogP contribution in [0, 0.1) is 17.6 Å². The first kappa shape index (κ1) is 19.7. The molecular weight excluding hydrogens is 368 g/mol. The lowest BCUT2D eigenvalue weighted by Crippen LogP contribution is -2.15. The third-order valence-corrected chi connectivity index (χ3v) is 6.24. The van der Waals surface area contributed by atoms with Gasteiger partial charge in [-0.05, 0) is 61.9 Å². The van der Waals surface area contributed by atoms with Gasteiger partial charge >= 0.3 is 0 Å². The number of rotatable bonds is 5. The van der Waals surface area contributed by atoms with Crippen LogP contribution in [0.4, 0.5) is 14.5 Å². The number of hydrogen-bond donors (Lipinski definition) is 1. The zero-order valence-corrected chi connectivity index (χ0v) is 16.2. The summed E-state index contributed by atoms with van der Waals surface area (Å²) in [7, 11) is 1.61. The number of thioether (sulfide) groups is 1. The molecule has 1 aliphatic rings. The second-order valence-electron chi connectivity index (χ2n) is 6.95. The van der Waals surface area contributed by atoms with Crippen LogP contribution in [0.2, 0.25) is 0 Å². The monoisotopic (exact) mass is 391 g/mol. The van der Waals surface area contributed by atoms with E-state index in [1.165, 1.54) is 18.9 Å². The van der Waals surface area contributed by atoms with E-state index in [4.69, 9.17) is 4.74 Å². The number of benzene rings is 2. The van der Waals surface area contributed by atoms with E-state index in [0.717, 1.165) is 41.5 Å². The Hall–Kier alpha value is -2.08. The number of carbonyl (C=O) groups excluding carboxylic acids is 1. The molecule has 1 saturated carbocycles. The number of methoxy groups -OCH3 is 1. The maximum atomic E-state index is 13.3. The third-order valence-electron chi connectivity index (χ3n) is 4.86. The van der Waals surface area contributed by atoms with Crippen molar-refractivity contribution in [2.75, 3.05) is 12.4 Å². The number of anilines is 1. The summed E-state index contributed by atoms with van der Waals surface area (Å²) in [6, 6.07) is 8.53. The highest BCUT2D eigenvalue weighted by molar-refractivity contribution is 8.00. The summed E-state index contributed by atoms with van der Waals surface area (Å²) in [4.78, 5) is 13.4. The second kappa shape index (κ2) is 8.74. The Morgan fingerprint density at radius 3 is 2.48 bits per heavy atom. The van der Waals surface area contributed by atoms with Gasteiger partial charge in [0.1, 0.15) is 5.75 Å². The highest BCUT2D eigenvalue weighted by Gasteiger charge is 2.21. The van der Waals surface area contributed by atoms with Crippen LogP contribution in [0.15, 0.2) is 41.3 Å². The van der Waals surface area contributed by atoms with Gasteiger partial charge in [-0.1, -0.05) is 6.92 Å². The Morgan fingerprint density at radius 2 is 1.81 bits per heavy atom. The average Bonchev–Trinajstić information content (AvgIpc) is 2.66. The van der Waals surface area contributed by atoms with E-state index in [0.29, 0.717) is 10.8 Å². The Bertz CT molecular complexity index is 820. The molecule has 6 heteroatoms. The number of nitrogens with one attached hydrogen (secondary N) is 1. The zero-order chi connectivity index (χ0) is 19.4. The topological polar surface area (TPSA) is 38.3 Å². The van der Waals surface area contributed by atoms with Gasteiger partial charge in [-0.25, -0.2) is 8.78 Å². The first-order chi connectivity index (χ1) is 13.0. The maximum absolute atomic E-state index is 13.3. The molecule has 1 fully saturated rings. The molecule has 0 bridgehead atoms. The lowest BCUT2D eigenvalue weighted by Gasteiger charge is -2.26. The van der Waals surface area contributed by atoms with Gasteiger partial charge in [-0.3, -0.25) is 4.79 Å². The number of halogens is 2. The highest BCUT2D eigenvalue weighted by atomic mass is 32.2. The van der Waals surface area contributed by atoms with Crippen molar-refractivity contribution in [2.24, 2.45) is 5.92 Å². The summed E-state index contributed by atoms with van der Waals surface area (Å²) >= 11 is 1.75. The predicted octanol–water partition coefficient (Wildman–Crippen LogP) is 5.90. The molecule has 0 unspecified atom stereocenters. The van der Waals surface area contributed by atoms with Crippen LogP contribution in [0.1, 0.15) is 43.0 Å². The smallest absolute Gasteiger partial charge is 0.255 e. The molecule has 1 amide bonds. The Labute approximate surface area is 162 Å². The molecular formula is C21H23F2NO2S. The predicted molar refractivity (Wildman–Crippen MR) is 105 cm³/mol. The first-order valence-corrected chi connectivity index (χ1v) is 9.95. The number of amides is 1. The summed E-state index contributed by atoms with van der Waals surface area (Å²) < 4.78 is 31.8. The van der Waals surface area contributed by atoms with Crippen LogP contribution in [-0.2, 0) is 0 Å². The standard InChI is InChI=1S/C21H23F2NO2S/c1-13-3-7-16(8-4-13)27-20-11-14(5-10-19(20)26-2)21(25)24-15-6-9-17(22)18(23)12-15/h5-6,9-13,16H,3-4,7-8H2,1-2H3,(H,24,25). The van der Waals surface area contributed by atoms with E-state index >= 15 is 0 Å². The van der Waals surface area contributed by atoms with Crippen LogP contribution in [0.25, 0.3) is 0 Å². The summed E-state index contributed by atoms with van der Waals surface area (Å²) in [5, 5.41) is 3.12. The van der Waals surface area contributed by atoms with Crippen molar-refractivity contribution < 1.29 is 18.3 Å². The highest BCUT2D eigenvalue weighted by Crippen LogP contribution is 2.40. The molecule has 0 heterocycles. The van der Waals surface area contributed by atoms with Crippen molar-refractivity contribution in [3.63, 3.8) is 0 Å². The molecule has 0 saturated heterocycles. The van der Waals surface area contributed by atoms with Gasteiger partial charge < -0.3 is 10.1 Å². The molecule has 0 spiro atoms. The van der Waals surface area contributed by atoms with Gasteiger partial charge in [0.15, 0.2) is 11.6 Å². The summed E-state index contributed by atoms with van der Waals surface area (Å²) in [6.07, 6.45) is 4.74. The van der Waals surface area contributed by atoms with Gasteiger partial charge in [0.2, 0.25) is 0 Å². The van der Waals surface area contributed by atoms with Gasteiger partial charge in [-0.15, -0.1) is 11.8 Å². The van der Waals surface area contributed by atoms with Gasteiger partial charge in [-0.2, -0.15) is 0 Å². The van der Waals surface area contributed by atoms with E-state index in [9.17, 15) is 13.6 Å². The van der Waals surface area contributed by atoms with E-state index in [1.807, 2.05) is 0 Å². The molecule has 2 aromatic rings. The van der Waals surface area contributed by atoms with Gasteiger partial charge in [0.05, 0.1) is 12.0 Å². The SMILES string of the molecule is COc1ccc(C(=O)Nc2ccc(F)c(F)c2)cc1SC1CCC(C)CC1. The van der Waals surface area contributed by atoms with Gasteiger partial charge in [0.25, 0.3) is 5.91 Å². The molecule has 1 aliphatic carbocycles. The molecule has 0 radical (unpaired) electrons. The fourth-order valence-electron chi connectivity index (χ4n) is 3.21. The van der Waals surface area contributed by atoms with Crippen molar-refractivity contribution in [3.05, 3.63) is 53.6 Å². The molecule has 0 aromatic heterocycles. The molecule has 0 atom stereocenters. The van der Waals surface area contributed by atoms with Crippen LogP contribution in [0.5, 0.6) is 5.75 Å². The van der Waals surface area contributed by atoms with Crippen molar-refractivity contribution in [1.29, 1.82) is 0 Å². The van der Waals surface area contributed by atoms with Crippen LogP contribution >= 0.6 is 11.8 Å². The summed E-state index contributed by atoms with van der Waals surface area (Å²) in [5.41, 5.74) is 0.664. The molecule has 144 valence electrons. The molecule has 3 nitrogen and oxygen atoms in total. The molecule has 0 aliphatic heterocycles. The third kappa shape index (κ3) is 5.01. The van der Waals surface area contributed by atoms with E-state index < -0.39 is 11.6 Å². The van der Waals surface area contributed by atoms with E-state index in [-0.39, 0.29) is 11.6 Å². The Morgan fingerprint density at radius 1 is 1.07 bits per heavy atom. The minimum Gasteiger partial charge on any atom is -0.496 e. The second-order valence-corrected chi connectivity index (χ2v) is 8.29. The lowest BCUT2D eigenvalue weighted by atomic mass is 9.91. The number of carbonyl (C=O) groups is 1. The molecule has 1 N–H and O–H groups in total. The van der Waals surface area contributed by atoms with Crippen molar-refractivity contribution in [1.82, 2.24) is 0 Å². The van der Waals surface area contributed by atoms with Crippen molar-refractivity contribution in [3.8, 4) is 5.75 Å². The Kier molecular flexibility index (Phi) is 6.37. The fourth-order valence-corrected chi connectivity index (χ4v) is 4.54. The molecule has 27 heavy (non-hydrogen) atoms. The maximum Gasteiger partial charge on any atom is 0.255 e. The van der Waals surface area contributed by atoms with E-state index in [2.05, 4.69) is 12.2 Å². The van der Waals surface area contributed by atoms with Crippen LogP contribution < -0.4 is 10.1 Å². The van der Waals surface area contributed by atoms with Crippen molar-refractivity contribution in [2.45, 2.75) is 42.8 Å². The molecule has 2 aromatic carbocycles. The van der Waals surface area contributed by atoms with Crippen LogP contribution in [0.3, 0.4) is 0 Å². The zero-order valence-electron chi connectivity index (χ0n) is 15.4. The minimum atomic E-state index is -0.995. The number of ether oxygens (including phenoxy) is 1. The average molecular weight is 391 g/mol. The lowest BCUT2D eigenvalue weighted by molar-refractivity contribution is 0.102. The first-order valence-electron chi connectivity index (χ1n) is 9.07. The van der Waals surface area contributed by atoms with Crippen LogP contribution in [-0.4, -0.2) is 18.3 Å². The van der Waals surface area contributed by atoms with E-state index in [1.54, 1.807) is 37.1 Å². The normalized spacial score (nSPS) is 19.6.